The van der Waals surface area contributed by atoms with E-state index in [9.17, 15) is 0 Å². The van der Waals surface area contributed by atoms with Gasteiger partial charge in [0.1, 0.15) is 0 Å². The average Bonchev–Trinajstić information content (AvgIpc) is 2.87. The molecule has 0 aromatic carbocycles. The van der Waals surface area contributed by atoms with Gasteiger partial charge in [-0.15, -0.1) is 22.9 Å². The first-order valence-electron chi connectivity index (χ1n) is 6.43. The van der Waals surface area contributed by atoms with Gasteiger partial charge in [-0.05, 0) is 13.8 Å². The minimum Gasteiger partial charge on any atom is -0.368 e. The van der Waals surface area contributed by atoms with E-state index in [1.54, 1.807) is 11.3 Å². The molecule has 0 bridgehead atoms. The molecule has 0 N–H and O–H groups in total. The molecule has 2 aromatic heterocycles. The quantitative estimate of drug-likeness (QED) is 0.816. The Morgan fingerprint density at radius 3 is 3.16 bits per heavy atom. The van der Waals surface area contributed by atoms with Crippen LogP contribution in [0.5, 0.6) is 0 Å². The molecule has 1 aliphatic rings. The second-order valence-electron chi connectivity index (χ2n) is 5.65. The first kappa shape index (κ1) is 13.4. The molecule has 1 unspecified atom stereocenters. The van der Waals surface area contributed by atoms with Gasteiger partial charge in [-0.25, -0.2) is 4.98 Å². The number of rotatable bonds is 3. The molecular weight excluding hydrogens is 282 g/mol. The van der Waals surface area contributed by atoms with E-state index >= 15 is 0 Å². The van der Waals surface area contributed by atoms with Crippen molar-refractivity contribution in [3.8, 4) is 0 Å². The molecule has 19 heavy (non-hydrogen) atoms. The molecule has 0 spiro atoms. The molecule has 104 valence electrons. The lowest BCUT2D eigenvalue weighted by atomic mass is 10.1. The van der Waals surface area contributed by atoms with Crippen molar-refractivity contribution < 1.29 is 4.74 Å². The first-order valence-corrected chi connectivity index (χ1v) is 7.84. The fourth-order valence-corrected chi connectivity index (χ4v) is 3.58. The molecule has 1 atom stereocenters. The van der Waals surface area contributed by atoms with Crippen molar-refractivity contribution in [2.45, 2.75) is 32.1 Å². The Hall–Kier alpha value is -0.620. The molecule has 3 rings (SSSR count). The maximum atomic E-state index is 5.95. The van der Waals surface area contributed by atoms with Crippen molar-refractivity contribution in [2.75, 3.05) is 19.0 Å². The number of imidazole rings is 1. The van der Waals surface area contributed by atoms with Gasteiger partial charge in [0.05, 0.1) is 17.4 Å². The Bertz CT molecular complexity index is 536. The summed E-state index contributed by atoms with van der Waals surface area (Å²) in [5.41, 5.74) is 0.965. The van der Waals surface area contributed by atoms with Crippen LogP contribution in [-0.4, -0.2) is 45.0 Å². The fraction of sp³-hybridized carbons (Fsp3) is 0.615. The van der Waals surface area contributed by atoms with Crippen molar-refractivity contribution in [3.05, 3.63) is 23.5 Å². The van der Waals surface area contributed by atoms with E-state index in [-0.39, 0.29) is 11.7 Å². The third-order valence-electron chi connectivity index (χ3n) is 3.25. The normalized spacial score (nSPS) is 24.1. The van der Waals surface area contributed by atoms with Crippen LogP contribution in [0, 0.1) is 0 Å². The summed E-state index contributed by atoms with van der Waals surface area (Å²) in [6, 6.07) is 0. The zero-order valence-electron chi connectivity index (χ0n) is 11.2. The zero-order chi connectivity index (χ0) is 13.5. The van der Waals surface area contributed by atoms with Gasteiger partial charge < -0.3 is 4.74 Å². The summed E-state index contributed by atoms with van der Waals surface area (Å²) in [5.74, 6) is 0.540. The highest BCUT2D eigenvalue weighted by Gasteiger charge is 2.33. The number of fused-ring (bicyclic) bond motifs is 1. The Morgan fingerprint density at radius 2 is 2.42 bits per heavy atom. The molecule has 3 heterocycles. The standard InChI is InChI=1S/C13H18ClN3OS/c1-13(2)9-16(8-11(5-14)18-13)6-10-7-17-3-4-19-12(17)15-10/h3-4,7,11H,5-6,8-9H2,1-2H3. The highest BCUT2D eigenvalue weighted by Crippen LogP contribution is 2.23. The van der Waals surface area contributed by atoms with Crippen LogP contribution >= 0.6 is 22.9 Å². The number of morpholine rings is 1. The van der Waals surface area contributed by atoms with Crippen molar-refractivity contribution in [3.63, 3.8) is 0 Å². The summed E-state index contributed by atoms with van der Waals surface area (Å²) in [6.07, 6.45) is 4.25. The lowest BCUT2D eigenvalue weighted by Gasteiger charge is -2.42. The van der Waals surface area contributed by atoms with Crippen molar-refractivity contribution in [2.24, 2.45) is 0 Å². The third kappa shape index (κ3) is 2.94. The number of thiazole rings is 1. The number of halogens is 1. The van der Waals surface area contributed by atoms with E-state index in [1.807, 2.05) is 11.6 Å². The van der Waals surface area contributed by atoms with Crippen molar-refractivity contribution in [1.29, 1.82) is 0 Å². The lowest BCUT2D eigenvalue weighted by molar-refractivity contribution is -0.129. The molecule has 6 heteroatoms. The number of ether oxygens (including phenoxy) is 1. The van der Waals surface area contributed by atoms with Gasteiger partial charge in [-0.2, -0.15) is 0 Å². The van der Waals surface area contributed by atoms with Gasteiger partial charge in [-0.1, -0.05) is 0 Å². The topological polar surface area (TPSA) is 29.8 Å². The second kappa shape index (κ2) is 5.05. The van der Waals surface area contributed by atoms with Gasteiger partial charge in [-0.3, -0.25) is 9.30 Å². The van der Waals surface area contributed by atoms with Crippen LogP contribution in [0.1, 0.15) is 19.5 Å². The van der Waals surface area contributed by atoms with Crippen LogP contribution in [0.3, 0.4) is 0 Å². The Morgan fingerprint density at radius 1 is 1.58 bits per heavy atom. The minimum atomic E-state index is -0.144. The SMILES string of the molecule is CC1(C)CN(Cc2cn3ccsc3n2)CC(CCl)O1. The molecule has 4 nitrogen and oxygen atoms in total. The van der Waals surface area contributed by atoms with Crippen LogP contribution in [0.15, 0.2) is 17.8 Å². The van der Waals surface area contributed by atoms with Gasteiger partial charge in [0.2, 0.25) is 0 Å². The van der Waals surface area contributed by atoms with E-state index in [4.69, 9.17) is 16.3 Å². The summed E-state index contributed by atoms with van der Waals surface area (Å²) >= 11 is 7.62. The van der Waals surface area contributed by atoms with E-state index in [0.29, 0.717) is 5.88 Å². The van der Waals surface area contributed by atoms with Gasteiger partial charge in [0, 0.05) is 43.3 Å². The van der Waals surface area contributed by atoms with Gasteiger partial charge >= 0.3 is 0 Å². The molecule has 0 radical (unpaired) electrons. The van der Waals surface area contributed by atoms with Crippen LogP contribution in [0.4, 0.5) is 0 Å². The maximum Gasteiger partial charge on any atom is 0.193 e. The predicted octanol–water partition coefficient (Wildman–Crippen LogP) is 2.61. The molecular formula is C13H18ClN3OS. The third-order valence-corrected chi connectivity index (χ3v) is 4.37. The van der Waals surface area contributed by atoms with E-state index in [2.05, 4.69) is 34.3 Å². The molecule has 1 aliphatic heterocycles. The number of alkyl halides is 1. The van der Waals surface area contributed by atoms with Crippen molar-refractivity contribution in [1.82, 2.24) is 14.3 Å². The highest BCUT2D eigenvalue weighted by molar-refractivity contribution is 7.15. The summed E-state index contributed by atoms with van der Waals surface area (Å²) < 4.78 is 8.01. The second-order valence-corrected chi connectivity index (χ2v) is 6.83. The lowest BCUT2D eigenvalue weighted by Crippen LogP contribution is -2.52. The smallest absolute Gasteiger partial charge is 0.193 e. The number of hydrogen-bond acceptors (Lipinski definition) is 4. The predicted molar refractivity (Wildman–Crippen MR) is 78.0 cm³/mol. The van der Waals surface area contributed by atoms with E-state index in [1.165, 1.54) is 0 Å². The molecule has 0 amide bonds. The van der Waals surface area contributed by atoms with Gasteiger partial charge in [0.25, 0.3) is 0 Å². The summed E-state index contributed by atoms with van der Waals surface area (Å²) in [6.45, 7) is 6.87. The van der Waals surface area contributed by atoms with E-state index in [0.717, 1.165) is 30.3 Å². The largest absolute Gasteiger partial charge is 0.368 e. The zero-order valence-corrected chi connectivity index (χ0v) is 12.7. The summed E-state index contributed by atoms with van der Waals surface area (Å²) in [4.78, 5) is 8.06. The first-order chi connectivity index (χ1) is 9.05. The van der Waals surface area contributed by atoms with Crippen LogP contribution < -0.4 is 0 Å². The monoisotopic (exact) mass is 299 g/mol. The van der Waals surface area contributed by atoms with Crippen LogP contribution in [-0.2, 0) is 11.3 Å². The van der Waals surface area contributed by atoms with Gasteiger partial charge in [0.15, 0.2) is 4.96 Å². The molecule has 1 saturated heterocycles. The average molecular weight is 300 g/mol. The highest BCUT2D eigenvalue weighted by atomic mass is 35.5. The molecule has 1 fully saturated rings. The Balaban J connectivity index is 1.73. The summed E-state index contributed by atoms with van der Waals surface area (Å²) in [5, 5.41) is 2.05. The van der Waals surface area contributed by atoms with Crippen molar-refractivity contribution >= 4 is 27.9 Å². The number of hydrogen-bond donors (Lipinski definition) is 0. The Kier molecular flexibility index (Phi) is 3.55. The molecule has 0 saturated carbocycles. The van der Waals surface area contributed by atoms with E-state index < -0.39 is 0 Å². The number of aromatic nitrogens is 2. The molecule has 0 aliphatic carbocycles. The minimum absolute atomic E-state index is 0.106. The number of nitrogens with zero attached hydrogens (tertiary/aromatic N) is 3. The summed E-state index contributed by atoms with van der Waals surface area (Å²) in [7, 11) is 0. The fourth-order valence-electron chi connectivity index (χ4n) is 2.70. The van der Waals surface area contributed by atoms with Crippen LogP contribution in [0.2, 0.25) is 0 Å². The maximum absolute atomic E-state index is 5.95. The van der Waals surface area contributed by atoms with Crippen LogP contribution in [0.25, 0.3) is 4.96 Å². The Labute approximate surface area is 121 Å². The molecule has 2 aromatic rings.